The van der Waals surface area contributed by atoms with Gasteiger partial charge in [-0.25, -0.2) is 4.98 Å². The van der Waals surface area contributed by atoms with Crippen molar-refractivity contribution in [3.63, 3.8) is 0 Å². The van der Waals surface area contributed by atoms with Gasteiger partial charge < -0.3 is 9.47 Å². The number of anilines is 1. The number of alkyl halides is 6. The van der Waals surface area contributed by atoms with Crippen LogP contribution < -0.4 is 9.64 Å². The number of carbonyl (C=O) groups is 1. The van der Waals surface area contributed by atoms with E-state index in [0.717, 1.165) is 22.7 Å². The number of hydrogen-bond acceptors (Lipinski definition) is 5. The van der Waals surface area contributed by atoms with E-state index >= 15 is 0 Å². The summed E-state index contributed by atoms with van der Waals surface area (Å²) in [6.07, 6.45) is -9.23. The molecule has 12 heteroatoms. The van der Waals surface area contributed by atoms with Gasteiger partial charge in [0.25, 0.3) is 5.91 Å². The molecule has 1 amide bonds. The van der Waals surface area contributed by atoms with Gasteiger partial charge in [0, 0.05) is 18.2 Å². The summed E-state index contributed by atoms with van der Waals surface area (Å²) in [4.78, 5) is 18.9. The number of thiazole rings is 1. The van der Waals surface area contributed by atoms with E-state index in [1.807, 2.05) is 0 Å². The molecule has 182 valence electrons. The fourth-order valence-corrected chi connectivity index (χ4v) is 4.57. The minimum absolute atomic E-state index is 0.00876. The molecule has 1 unspecified atom stereocenters. The summed E-state index contributed by atoms with van der Waals surface area (Å²) in [5, 5.41) is 0.134. The molecule has 0 saturated carbocycles. The highest BCUT2D eigenvalue weighted by Crippen LogP contribution is 2.38. The third-order valence-electron chi connectivity index (χ3n) is 5.30. The van der Waals surface area contributed by atoms with Gasteiger partial charge in [0.05, 0.1) is 41.1 Å². The molecule has 1 aliphatic rings. The first-order chi connectivity index (χ1) is 16.0. The lowest BCUT2D eigenvalue weighted by atomic mass is 10.0. The molecule has 4 rings (SSSR count). The minimum Gasteiger partial charge on any atom is -0.497 e. The van der Waals surface area contributed by atoms with Crippen molar-refractivity contribution in [3.05, 3.63) is 53.1 Å². The normalized spacial score (nSPS) is 16.7. The maximum absolute atomic E-state index is 13.4. The summed E-state index contributed by atoms with van der Waals surface area (Å²) in [5.41, 5.74) is -3.38. The Hall–Kier alpha value is -2.86. The molecule has 0 spiro atoms. The molecule has 1 atom stereocenters. The maximum Gasteiger partial charge on any atom is 0.416 e. The summed E-state index contributed by atoms with van der Waals surface area (Å²) in [6.45, 7) is 0.388. The Balaban J connectivity index is 1.79. The fourth-order valence-electron chi connectivity index (χ4n) is 3.61. The molecular formula is C22H18F6N2O3S. The number of nitrogens with zero attached hydrogens (tertiary/aromatic N) is 2. The van der Waals surface area contributed by atoms with Crippen molar-refractivity contribution in [2.24, 2.45) is 0 Å². The molecule has 0 bridgehead atoms. The van der Waals surface area contributed by atoms with Gasteiger partial charge in [-0.2, -0.15) is 26.3 Å². The van der Waals surface area contributed by atoms with E-state index in [9.17, 15) is 31.1 Å². The SMILES string of the molecule is COc1ccc2sc(N(CC3CCCO3)C(=O)c3cc(C(F)(F)F)cc(C(F)(F)F)c3)nc2c1. The molecule has 5 nitrogen and oxygen atoms in total. The van der Waals surface area contributed by atoms with Gasteiger partial charge in [-0.3, -0.25) is 9.69 Å². The van der Waals surface area contributed by atoms with Crippen LogP contribution in [-0.4, -0.2) is 37.3 Å². The van der Waals surface area contributed by atoms with E-state index in [2.05, 4.69) is 4.98 Å². The number of benzene rings is 2. The zero-order valence-corrected chi connectivity index (χ0v) is 18.5. The molecule has 0 aliphatic carbocycles. The predicted molar refractivity (Wildman–Crippen MR) is 113 cm³/mol. The van der Waals surface area contributed by atoms with Crippen molar-refractivity contribution in [3.8, 4) is 5.75 Å². The Morgan fingerprint density at radius 3 is 2.35 bits per heavy atom. The molecule has 0 radical (unpaired) electrons. The van der Waals surface area contributed by atoms with Gasteiger partial charge in [0.1, 0.15) is 5.75 Å². The van der Waals surface area contributed by atoms with Crippen LogP contribution in [0.25, 0.3) is 10.2 Å². The first-order valence-electron chi connectivity index (χ1n) is 10.1. The van der Waals surface area contributed by atoms with Gasteiger partial charge in [-0.1, -0.05) is 11.3 Å². The molecule has 34 heavy (non-hydrogen) atoms. The third-order valence-corrected chi connectivity index (χ3v) is 6.36. The van der Waals surface area contributed by atoms with Crippen LogP contribution in [0.1, 0.15) is 34.3 Å². The molecule has 1 aliphatic heterocycles. The quantitative estimate of drug-likeness (QED) is 0.390. The van der Waals surface area contributed by atoms with Crippen LogP contribution in [0.15, 0.2) is 36.4 Å². The highest BCUT2D eigenvalue weighted by atomic mass is 32.1. The van der Waals surface area contributed by atoms with Crippen molar-refractivity contribution >= 4 is 32.6 Å². The van der Waals surface area contributed by atoms with E-state index in [-0.39, 0.29) is 17.7 Å². The molecule has 1 saturated heterocycles. The van der Waals surface area contributed by atoms with Crippen molar-refractivity contribution in [2.75, 3.05) is 25.2 Å². The molecule has 2 heterocycles. The second-order valence-electron chi connectivity index (χ2n) is 7.68. The summed E-state index contributed by atoms with van der Waals surface area (Å²) >= 11 is 1.09. The standard InChI is InChI=1S/C22H18F6N2O3S/c1-32-15-4-5-18-17(10-15)29-20(34-18)30(11-16-3-2-6-33-16)19(31)12-7-13(21(23,24)25)9-14(8-12)22(26,27)28/h4-5,7-10,16H,2-3,6,11H2,1H3. The van der Waals surface area contributed by atoms with Crippen LogP contribution in [0.2, 0.25) is 0 Å². The number of rotatable bonds is 5. The number of halogens is 6. The van der Waals surface area contributed by atoms with E-state index in [0.29, 0.717) is 41.1 Å². The Morgan fingerprint density at radius 2 is 1.79 bits per heavy atom. The van der Waals surface area contributed by atoms with Crippen LogP contribution >= 0.6 is 11.3 Å². The Bertz CT molecular complexity index is 1170. The smallest absolute Gasteiger partial charge is 0.416 e. The Kier molecular flexibility index (Phi) is 6.47. The molecule has 2 aromatic carbocycles. The Labute approximate surface area is 193 Å². The van der Waals surface area contributed by atoms with Gasteiger partial charge in [-0.15, -0.1) is 0 Å². The van der Waals surface area contributed by atoms with Crippen molar-refractivity contribution in [2.45, 2.75) is 31.3 Å². The minimum atomic E-state index is -5.07. The average molecular weight is 504 g/mol. The first-order valence-corrected chi connectivity index (χ1v) is 10.9. The van der Waals surface area contributed by atoms with Crippen LogP contribution in [0.3, 0.4) is 0 Å². The number of aromatic nitrogens is 1. The molecule has 1 fully saturated rings. The summed E-state index contributed by atoms with van der Waals surface area (Å²) in [6, 6.07) is 5.85. The topological polar surface area (TPSA) is 51.7 Å². The second-order valence-corrected chi connectivity index (χ2v) is 8.68. The summed E-state index contributed by atoms with van der Waals surface area (Å²) < 4.78 is 91.4. The number of methoxy groups -OCH3 is 1. The van der Waals surface area contributed by atoms with Crippen LogP contribution in [-0.2, 0) is 17.1 Å². The van der Waals surface area contributed by atoms with Crippen molar-refractivity contribution in [1.82, 2.24) is 4.98 Å². The van der Waals surface area contributed by atoms with Gasteiger partial charge >= 0.3 is 12.4 Å². The summed E-state index contributed by atoms with van der Waals surface area (Å²) in [7, 11) is 1.47. The highest BCUT2D eigenvalue weighted by Gasteiger charge is 2.38. The number of ether oxygens (including phenoxy) is 2. The van der Waals surface area contributed by atoms with E-state index in [4.69, 9.17) is 9.47 Å². The van der Waals surface area contributed by atoms with E-state index in [1.165, 1.54) is 7.11 Å². The Morgan fingerprint density at radius 1 is 1.12 bits per heavy atom. The zero-order chi connectivity index (χ0) is 24.7. The predicted octanol–water partition coefficient (Wildman–Crippen LogP) is 6.17. The number of carbonyl (C=O) groups excluding carboxylic acids is 1. The van der Waals surface area contributed by atoms with E-state index in [1.54, 1.807) is 18.2 Å². The first kappa shape index (κ1) is 24.3. The monoisotopic (exact) mass is 504 g/mol. The number of fused-ring (bicyclic) bond motifs is 1. The largest absolute Gasteiger partial charge is 0.497 e. The fraction of sp³-hybridized carbons (Fsp3) is 0.364. The molecular weight excluding hydrogens is 486 g/mol. The lowest BCUT2D eigenvalue weighted by molar-refractivity contribution is -0.143. The zero-order valence-electron chi connectivity index (χ0n) is 17.7. The van der Waals surface area contributed by atoms with Gasteiger partial charge in [0.2, 0.25) is 0 Å². The molecule has 0 N–H and O–H groups in total. The molecule has 3 aromatic rings. The molecule has 1 aromatic heterocycles. The summed E-state index contributed by atoms with van der Waals surface area (Å²) in [5.74, 6) is -0.521. The lowest BCUT2D eigenvalue weighted by Gasteiger charge is -2.24. The number of hydrogen-bond donors (Lipinski definition) is 0. The van der Waals surface area contributed by atoms with Crippen LogP contribution in [0.4, 0.5) is 31.5 Å². The van der Waals surface area contributed by atoms with Crippen LogP contribution in [0.5, 0.6) is 5.75 Å². The van der Waals surface area contributed by atoms with Crippen LogP contribution in [0, 0.1) is 0 Å². The number of amides is 1. The van der Waals surface area contributed by atoms with Crippen molar-refractivity contribution < 1.29 is 40.6 Å². The average Bonchev–Trinajstić information content (AvgIpc) is 3.44. The van der Waals surface area contributed by atoms with Gasteiger partial charge in [0.15, 0.2) is 5.13 Å². The maximum atomic E-state index is 13.4. The second kappa shape index (κ2) is 9.06. The highest BCUT2D eigenvalue weighted by molar-refractivity contribution is 7.22. The van der Waals surface area contributed by atoms with Gasteiger partial charge in [-0.05, 0) is 43.2 Å². The third kappa shape index (κ3) is 5.12. The lowest BCUT2D eigenvalue weighted by Crippen LogP contribution is -2.37. The van der Waals surface area contributed by atoms with Crippen molar-refractivity contribution in [1.29, 1.82) is 0 Å². The van der Waals surface area contributed by atoms with E-state index < -0.39 is 41.1 Å².